The Bertz CT molecular complexity index is 412. The number of ether oxygens (including phenoxy) is 1. The molecule has 1 amide bonds. The van der Waals surface area contributed by atoms with Crippen molar-refractivity contribution < 1.29 is 9.53 Å². The monoisotopic (exact) mass is 297 g/mol. The van der Waals surface area contributed by atoms with Gasteiger partial charge in [0.2, 0.25) is 0 Å². The van der Waals surface area contributed by atoms with Gasteiger partial charge in [0.25, 0.3) is 5.91 Å². The molecule has 1 aliphatic rings. The van der Waals surface area contributed by atoms with Gasteiger partial charge in [0.15, 0.2) is 0 Å². The van der Waals surface area contributed by atoms with Gasteiger partial charge in [0.1, 0.15) is 0 Å². The topological polar surface area (TPSA) is 29.5 Å². The van der Waals surface area contributed by atoms with Crippen LogP contribution in [-0.4, -0.2) is 37.1 Å². The molecule has 1 heterocycles. The van der Waals surface area contributed by atoms with Crippen molar-refractivity contribution in [2.24, 2.45) is 0 Å². The van der Waals surface area contributed by atoms with E-state index in [1.165, 1.54) is 0 Å². The van der Waals surface area contributed by atoms with E-state index >= 15 is 0 Å². The van der Waals surface area contributed by atoms with Gasteiger partial charge >= 0.3 is 0 Å². The number of benzene rings is 1. The number of halogens is 1. The summed E-state index contributed by atoms with van der Waals surface area (Å²) >= 11 is 3.44. The zero-order valence-corrected chi connectivity index (χ0v) is 11.5. The van der Waals surface area contributed by atoms with E-state index in [1.54, 1.807) is 0 Å². The maximum atomic E-state index is 12.3. The molecule has 1 aromatic rings. The van der Waals surface area contributed by atoms with Crippen LogP contribution in [0.15, 0.2) is 22.7 Å². The maximum absolute atomic E-state index is 12.3. The van der Waals surface area contributed by atoms with Crippen LogP contribution >= 0.6 is 15.9 Å². The van der Waals surface area contributed by atoms with E-state index in [-0.39, 0.29) is 5.91 Å². The lowest BCUT2D eigenvalue weighted by atomic mass is 10.1. The highest BCUT2D eigenvalue weighted by molar-refractivity contribution is 9.10. The minimum absolute atomic E-state index is 0.103. The van der Waals surface area contributed by atoms with E-state index in [0.717, 1.165) is 35.2 Å². The number of hydrogen-bond donors (Lipinski definition) is 0. The van der Waals surface area contributed by atoms with Crippen molar-refractivity contribution in [3.8, 4) is 0 Å². The van der Waals surface area contributed by atoms with E-state index in [1.807, 2.05) is 30.0 Å². The van der Waals surface area contributed by atoms with Crippen molar-refractivity contribution in [2.75, 3.05) is 26.3 Å². The second-order valence-electron chi connectivity index (χ2n) is 4.22. The largest absolute Gasteiger partial charge is 0.380 e. The number of aryl methyl sites for hydroxylation is 1. The normalized spacial score (nSPS) is 16.7. The molecule has 0 aliphatic carbocycles. The molecule has 0 atom stereocenters. The maximum Gasteiger partial charge on any atom is 0.253 e. The second-order valence-corrected chi connectivity index (χ2v) is 5.08. The van der Waals surface area contributed by atoms with Crippen LogP contribution in [0.5, 0.6) is 0 Å². The Balaban J connectivity index is 2.14. The summed E-state index contributed by atoms with van der Waals surface area (Å²) < 4.78 is 6.39. The summed E-state index contributed by atoms with van der Waals surface area (Å²) in [5.41, 5.74) is 1.84. The van der Waals surface area contributed by atoms with Gasteiger partial charge in [-0.3, -0.25) is 4.79 Å². The molecular formula is C13H16BrNO2. The highest BCUT2D eigenvalue weighted by atomic mass is 79.9. The SMILES string of the molecule is Cc1cc(C(=O)N2CCCOCC2)ccc1Br. The van der Waals surface area contributed by atoms with Crippen LogP contribution in [0.4, 0.5) is 0 Å². The Labute approximate surface area is 110 Å². The number of carbonyl (C=O) groups excluding carboxylic acids is 1. The van der Waals surface area contributed by atoms with Gasteiger partial charge in [0, 0.05) is 29.7 Å². The van der Waals surface area contributed by atoms with Crippen molar-refractivity contribution in [1.29, 1.82) is 0 Å². The molecular weight excluding hydrogens is 282 g/mol. The molecule has 4 heteroatoms. The fraction of sp³-hybridized carbons (Fsp3) is 0.462. The van der Waals surface area contributed by atoms with Crippen LogP contribution in [-0.2, 0) is 4.74 Å². The van der Waals surface area contributed by atoms with Crippen molar-refractivity contribution in [3.63, 3.8) is 0 Å². The summed E-state index contributed by atoms with van der Waals surface area (Å²) in [4.78, 5) is 14.1. The van der Waals surface area contributed by atoms with E-state index in [9.17, 15) is 4.79 Å². The summed E-state index contributed by atoms with van der Waals surface area (Å²) in [7, 11) is 0. The van der Waals surface area contributed by atoms with Crippen LogP contribution in [0.2, 0.25) is 0 Å². The summed E-state index contributed by atoms with van der Waals surface area (Å²) in [5, 5.41) is 0. The summed E-state index contributed by atoms with van der Waals surface area (Å²) in [6.45, 7) is 4.86. The number of hydrogen-bond acceptors (Lipinski definition) is 2. The molecule has 1 aliphatic heterocycles. The highest BCUT2D eigenvalue weighted by Gasteiger charge is 2.17. The summed E-state index contributed by atoms with van der Waals surface area (Å²) in [6.07, 6.45) is 0.918. The number of carbonyl (C=O) groups is 1. The van der Waals surface area contributed by atoms with E-state index < -0.39 is 0 Å². The zero-order valence-electron chi connectivity index (χ0n) is 9.91. The summed E-state index contributed by atoms with van der Waals surface area (Å²) in [6, 6.07) is 5.72. The molecule has 0 N–H and O–H groups in total. The molecule has 0 bridgehead atoms. The smallest absolute Gasteiger partial charge is 0.253 e. The minimum atomic E-state index is 0.103. The lowest BCUT2D eigenvalue weighted by Crippen LogP contribution is -2.33. The molecule has 0 saturated carbocycles. The first kappa shape index (κ1) is 12.6. The lowest BCUT2D eigenvalue weighted by Gasteiger charge is -2.19. The van der Waals surface area contributed by atoms with Gasteiger partial charge in [0.05, 0.1) is 6.61 Å². The number of rotatable bonds is 1. The fourth-order valence-corrected chi connectivity index (χ4v) is 2.16. The molecule has 1 saturated heterocycles. The molecule has 0 spiro atoms. The van der Waals surface area contributed by atoms with Crippen molar-refractivity contribution in [2.45, 2.75) is 13.3 Å². The van der Waals surface area contributed by atoms with Crippen LogP contribution in [0.25, 0.3) is 0 Å². The molecule has 0 unspecified atom stereocenters. The molecule has 0 aromatic heterocycles. The molecule has 0 radical (unpaired) electrons. The molecule has 17 heavy (non-hydrogen) atoms. The molecule has 2 rings (SSSR count). The first-order valence-corrected chi connectivity index (χ1v) is 6.61. The van der Waals surface area contributed by atoms with Crippen molar-refractivity contribution in [3.05, 3.63) is 33.8 Å². The van der Waals surface area contributed by atoms with Gasteiger partial charge in [-0.1, -0.05) is 15.9 Å². The fourth-order valence-electron chi connectivity index (χ4n) is 1.91. The Morgan fingerprint density at radius 1 is 1.35 bits per heavy atom. The predicted octanol–water partition coefficient (Wildman–Crippen LogP) is 2.62. The standard InChI is InChI=1S/C13H16BrNO2/c1-10-9-11(3-4-12(10)14)13(16)15-5-2-7-17-8-6-15/h3-4,9H,2,5-8H2,1H3. The first-order chi connectivity index (χ1) is 8.18. The van der Waals surface area contributed by atoms with Gasteiger partial charge in [-0.2, -0.15) is 0 Å². The van der Waals surface area contributed by atoms with Crippen molar-refractivity contribution >= 4 is 21.8 Å². The van der Waals surface area contributed by atoms with Crippen molar-refractivity contribution in [1.82, 2.24) is 4.90 Å². The first-order valence-electron chi connectivity index (χ1n) is 5.81. The van der Waals surface area contributed by atoms with Gasteiger partial charge < -0.3 is 9.64 Å². The Morgan fingerprint density at radius 2 is 2.18 bits per heavy atom. The molecule has 92 valence electrons. The van der Waals surface area contributed by atoms with Crippen LogP contribution in [0, 0.1) is 6.92 Å². The van der Waals surface area contributed by atoms with E-state index in [0.29, 0.717) is 13.2 Å². The quantitative estimate of drug-likeness (QED) is 0.797. The Morgan fingerprint density at radius 3 is 2.94 bits per heavy atom. The van der Waals surface area contributed by atoms with Crippen LogP contribution < -0.4 is 0 Å². The average Bonchev–Trinajstić information content (AvgIpc) is 2.60. The minimum Gasteiger partial charge on any atom is -0.380 e. The Kier molecular flexibility index (Phi) is 4.18. The summed E-state index contributed by atoms with van der Waals surface area (Å²) in [5.74, 6) is 0.103. The third kappa shape index (κ3) is 3.07. The van der Waals surface area contributed by atoms with Crippen LogP contribution in [0.1, 0.15) is 22.3 Å². The molecule has 3 nitrogen and oxygen atoms in total. The molecule has 1 aromatic carbocycles. The third-order valence-corrected chi connectivity index (χ3v) is 3.80. The van der Waals surface area contributed by atoms with E-state index in [2.05, 4.69) is 15.9 Å². The highest BCUT2D eigenvalue weighted by Crippen LogP contribution is 2.18. The third-order valence-electron chi connectivity index (χ3n) is 2.91. The van der Waals surface area contributed by atoms with Crippen LogP contribution in [0.3, 0.4) is 0 Å². The van der Waals surface area contributed by atoms with E-state index in [4.69, 9.17) is 4.74 Å². The zero-order chi connectivity index (χ0) is 12.3. The predicted molar refractivity (Wildman–Crippen MR) is 70.2 cm³/mol. The average molecular weight is 298 g/mol. The molecule has 1 fully saturated rings. The van der Waals surface area contributed by atoms with Gasteiger partial charge in [-0.25, -0.2) is 0 Å². The number of amides is 1. The number of nitrogens with zero attached hydrogens (tertiary/aromatic N) is 1. The van der Waals surface area contributed by atoms with Gasteiger partial charge in [-0.05, 0) is 37.1 Å². The van der Waals surface area contributed by atoms with Gasteiger partial charge in [-0.15, -0.1) is 0 Å². The second kappa shape index (κ2) is 5.65. The Hall–Kier alpha value is -0.870. The lowest BCUT2D eigenvalue weighted by molar-refractivity contribution is 0.0741.